The second-order valence-corrected chi connectivity index (χ2v) is 7.18. The third-order valence-corrected chi connectivity index (χ3v) is 4.67. The van der Waals surface area contributed by atoms with Crippen LogP contribution in [0, 0.1) is 24.0 Å². The highest BCUT2D eigenvalue weighted by Crippen LogP contribution is 2.39. The topological polar surface area (TPSA) is 64.7 Å². The molecule has 0 spiro atoms. The predicted molar refractivity (Wildman–Crippen MR) is 113 cm³/mol. The number of benzene rings is 3. The number of rotatable bonds is 5. The molecule has 3 rings (SSSR count). The van der Waals surface area contributed by atoms with E-state index in [4.69, 9.17) is 16.3 Å². The number of nitro groups is 1. The molecule has 9 heteroatoms. The summed E-state index contributed by atoms with van der Waals surface area (Å²) in [5.74, 6) is -0.287. The molecule has 0 atom stereocenters. The van der Waals surface area contributed by atoms with E-state index in [-0.39, 0.29) is 16.5 Å². The minimum atomic E-state index is -4.71. The fraction of sp³-hybridized carbons (Fsp3) is 0.136. The molecule has 0 N–H and O–H groups in total. The molecule has 160 valence electrons. The van der Waals surface area contributed by atoms with Gasteiger partial charge in [0.15, 0.2) is 0 Å². The third-order valence-electron chi connectivity index (χ3n) is 4.38. The van der Waals surface area contributed by atoms with Crippen LogP contribution in [0.4, 0.5) is 24.5 Å². The van der Waals surface area contributed by atoms with Crippen molar-refractivity contribution in [3.63, 3.8) is 0 Å². The smallest absolute Gasteiger partial charge is 0.416 e. The number of ether oxygens (including phenoxy) is 1. The molecular formula is C22H16ClF3N2O3. The van der Waals surface area contributed by atoms with Gasteiger partial charge in [0.1, 0.15) is 5.75 Å². The van der Waals surface area contributed by atoms with Crippen LogP contribution in [0.25, 0.3) is 0 Å². The van der Waals surface area contributed by atoms with Crippen molar-refractivity contribution in [1.29, 1.82) is 0 Å². The van der Waals surface area contributed by atoms with E-state index in [1.165, 1.54) is 6.07 Å². The Morgan fingerprint density at radius 1 is 1.03 bits per heavy atom. The molecule has 0 saturated heterocycles. The lowest BCUT2D eigenvalue weighted by atomic mass is 10.1. The molecule has 0 aliphatic rings. The van der Waals surface area contributed by atoms with Gasteiger partial charge in [0.05, 0.1) is 21.2 Å². The van der Waals surface area contributed by atoms with Crippen molar-refractivity contribution in [1.82, 2.24) is 0 Å². The van der Waals surface area contributed by atoms with E-state index in [0.29, 0.717) is 17.7 Å². The largest absolute Gasteiger partial charge is 0.449 e. The Balaban J connectivity index is 1.86. The SMILES string of the molecule is Cc1ccc(C)c(N=Cc2ccc(Oc3ccc(C(F)(F)F)cc3[N+](=O)[O-])c(Cl)c2)c1. The standard InChI is InChI=1S/C22H16ClF3N2O3/c1-13-3-4-14(2)18(9-13)27-12-15-5-7-20(17(23)10-15)31-21-8-6-16(22(24,25)26)11-19(21)28(29)30/h3-12H,1-2H3. The van der Waals surface area contributed by atoms with E-state index in [2.05, 4.69) is 4.99 Å². The van der Waals surface area contributed by atoms with E-state index in [1.807, 2.05) is 32.0 Å². The summed E-state index contributed by atoms with van der Waals surface area (Å²) in [5.41, 5.74) is 1.57. The van der Waals surface area contributed by atoms with Gasteiger partial charge in [-0.25, -0.2) is 0 Å². The normalized spacial score (nSPS) is 11.7. The lowest BCUT2D eigenvalue weighted by molar-refractivity contribution is -0.385. The van der Waals surface area contributed by atoms with E-state index in [9.17, 15) is 23.3 Å². The monoisotopic (exact) mass is 448 g/mol. The van der Waals surface area contributed by atoms with Gasteiger partial charge in [0, 0.05) is 12.3 Å². The fourth-order valence-corrected chi connectivity index (χ4v) is 2.95. The maximum absolute atomic E-state index is 12.8. The van der Waals surface area contributed by atoms with Crippen LogP contribution in [-0.4, -0.2) is 11.1 Å². The molecule has 3 aromatic carbocycles. The lowest BCUT2D eigenvalue weighted by Gasteiger charge is -2.11. The molecular weight excluding hydrogens is 433 g/mol. The first-order chi connectivity index (χ1) is 14.5. The average Bonchev–Trinajstić information content (AvgIpc) is 2.69. The molecule has 3 aromatic rings. The number of aryl methyl sites for hydroxylation is 2. The first kappa shape index (κ1) is 22.3. The number of nitro benzene ring substituents is 1. The van der Waals surface area contributed by atoms with Crippen molar-refractivity contribution in [2.75, 3.05) is 0 Å². The van der Waals surface area contributed by atoms with Crippen LogP contribution in [0.15, 0.2) is 59.6 Å². The van der Waals surface area contributed by atoms with Gasteiger partial charge in [-0.15, -0.1) is 0 Å². The highest BCUT2D eigenvalue weighted by atomic mass is 35.5. The van der Waals surface area contributed by atoms with Crippen LogP contribution in [0.3, 0.4) is 0 Å². The van der Waals surface area contributed by atoms with Crippen LogP contribution in [0.5, 0.6) is 11.5 Å². The Bertz CT molecular complexity index is 1180. The average molecular weight is 449 g/mol. The number of hydrogen-bond donors (Lipinski definition) is 0. The summed E-state index contributed by atoms with van der Waals surface area (Å²) in [6.45, 7) is 3.90. The Morgan fingerprint density at radius 2 is 1.74 bits per heavy atom. The number of hydrogen-bond acceptors (Lipinski definition) is 4. The van der Waals surface area contributed by atoms with Gasteiger partial charge < -0.3 is 4.74 Å². The van der Waals surface area contributed by atoms with Gasteiger partial charge in [0.25, 0.3) is 0 Å². The van der Waals surface area contributed by atoms with Crippen LogP contribution >= 0.6 is 11.6 Å². The molecule has 0 radical (unpaired) electrons. The molecule has 5 nitrogen and oxygen atoms in total. The second-order valence-electron chi connectivity index (χ2n) is 6.78. The quantitative estimate of drug-likeness (QED) is 0.231. The predicted octanol–water partition coefficient (Wildman–Crippen LogP) is 7.43. The van der Waals surface area contributed by atoms with E-state index in [0.717, 1.165) is 22.9 Å². The van der Waals surface area contributed by atoms with Gasteiger partial charge in [-0.1, -0.05) is 23.7 Å². The summed E-state index contributed by atoms with van der Waals surface area (Å²) < 4.78 is 44.0. The van der Waals surface area contributed by atoms with Gasteiger partial charge >= 0.3 is 11.9 Å². The molecule has 0 fully saturated rings. The number of nitrogens with zero attached hydrogens (tertiary/aromatic N) is 2. The molecule has 0 saturated carbocycles. The number of alkyl halides is 3. The molecule has 0 aliphatic heterocycles. The van der Waals surface area contributed by atoms with Crippen LogP contribution < -0.4 is 4.74 Å². The zero-order chi connectivity index (χ0) is 22.8. The number of halogens is 4. The molecule has 0 bridgehead atoms. The first-order valence-electron chi connectivity index (χ1n) is 8.99. The lowest BCUT2D eigenvalue weighted by Crippen LogP contribution is -2.06. The van der Waals surface area contributed by atoms with Crippen molar-refractivity contribution < 1.29 is 22.8 Å². The van der Waals surface area contributed by atoms with E-state index >= 15 is 0 Å². The Kier molecular flexibility index (Phi) is 6.31. The molecule has 31 heavy (non-hydrogen) atoms. The van der Waals surface area contributed by atoms with Crippen LogP contribution in [-0.2, 0) is 6.18 Å². The van der Waals surface area contributed by atoms with Gasteiger partial charge in [-0.3, -0.25) is 15.1 Å². The fourth-order valence-electron chi connectivity index (χ4n) is 2.72. The summed E-state index contributed by atoms with van der Waals surface area (Å²) in [6, 6.07) is 12.6. The van der Waals surface area contributed by atoms with Crippen molar-refractivity contribution in [2.45, 2.75) is 20.0 Å². The minimum absolute atomic E-state index is 0.0633. The number of aliphatic imine (C=N–C) groups is 1. The molecule has 0 aromatic heterocycles. The Morgan fingerprint density at radius 3 is 2.39 bits per heavy atom. The molecule has 0 unspecified atom stereocenters. The third kappa shape index (κ3) is 5.40. The Labute approximate surface area is 180 Å². The zero-order valence-electron chi connectivity index (χ0n) is 16.4. The van der Waals surface area contributed by atoms with Gasteiger partial charge in [-0.2, -0.15) is 13.2 Å². The zero-order valence-corrected chi connectivity index (χ0v) is 17.2. The van der Waals surface area contributed by atoms with E-state index < -0.39 is 22.4 Å². The maximum atomic E-state index is 12.8. The molecule has 0 heterocycles. The van der Waals surface area contributed by atoms with Crippen molar-refractivity contribution in [3.8, 4) is 11.5 Å². The van der Waals surface area contributed by atoms with Gasteiger partial charge in [0.2, 0.25) is 5.75 Å². The molecule has 0 amide bonds. The summed E-state index contributed by atoms with van der Waals surface area (Å²) >= 11 is 6.22. The second kappa shape index (κ2) is 8.77. The first-order valence-corrected chi connectivity index (χ1v) is 9.37. The molecule has 0 aliphatic carbocycles. The van der Waals surface area contributed by atoms with E-state index in [1.54, 1.807) is 18.3 Å². The highest BCUT2D eigenvalue weighted by Gasteiger charge is 2.33. The van der Waals surface area contributed by atoms with Crippen molar-refractivity contribution >= 4 is 29.2 Å². The maximum Gasteiger partial charge on any atom is 0.416 e. The minimum Gasteiger partial charge on any atom is -0.449 e. The summed E-state index contributed by atoms with van der Waals surface area (Å²) in [6.07, 6.45) is -3.10. The Hall–Kier alpha value is -3.39. The van der Waals surface area contributed by atoms with Crippen molar-refractivity contribution in [2.24, 2.45) is 4.99 Å². The summed E-state index contributed by atoms with van der Waals surface area (Å²) in [7, 11) is 0. The van der Waals surface area contributed by atoms with Crippen molar-refractivity contribution in [3.05, 3.63) is 92.0 Å². The van der Waals surface area contributed by atoms with Gasteiger partial charge in [-0.05, 0) is 66.9 Å². The summed E-state index contributed by atoms with van der Waals surface area (Å²) in [5, 5.41) is 11.3. The van der Waals surface area contributed by atoms with Crippen LogP contribution in [0.1, 0.15) is 22.3 Å². The summed E-state index contributed by atoms with van der Waals surface area (Å²) in [4.78, 5) is 14.7. The van der Waals surface area contributed by atoms with Crippen LogP contribution in [0.2, 0.25) is 5.02 Å². The highest BCUT2D eigenvalue weighted by molar-refractivity contribution is 6.32.